The lowest BCUT2D eigenvalue weighted by molar-refractivity contribution is -0.140. The van der Waals surface area contributed by atoms with Crippen LogP contribution in [-0.2, 0) is 14.3 Å². The lowest BCUT2D eigenvalue weighted by Crippen LogP contribution is -2.49. The highest BCUT2D eigenvalue weighted by molar-refractivity contribution is 5.91. The largest absolute Gasteiger partial charge is 0.508 e. The molecule has 8 nitrogen and oxygen atoms in total. The Kier molecular flexibility index (Phi) is 12.5. The number of amides is 3. The van der Waals surface area contributed by atoms with Crippen LogP contribution in [0.1, 0.15) is 91.7 Å². The Labute approximate surface area is 204 Å². The van der Waals surface area contributed by atoms with Crippen LogP contribution in [0.5, 0.6) is 5.75 Å². The predicted molar refractivity (Wildman–Crippen MR) is 133 cm³/mol. The first kappa shape index (κ1) is 29.3. The number of carbonyl (C=O) groups is 3. The van der Waals surface area contributed by atoms with Crippen LogP contribution in [-0.4, -0.2) is 52.6 Å². The van der Waals surface area contributed by atoms with Gasteiger partial charge in [-0.2, -0.15) is 0 Å². The second-order valence-corrected chi connectivity index (χ2v) is 9.66. The summed E-state index contributed by atoms with van der Waals surface area (Å²) < 4.78 is 5.23. The quantitative estimate of drug-likeness (QED) is 0.358. The topological polar surface area (TPSA) is 108 Å². The van der Waals surface area contributed by atoms with Crippen LogP contribution in [0.25, 0.3) is 0 Å². The van der Waals surface area contributed by atoms with Gasteiger partial charge in [-0.1, -0.05) is 57.7 Å². The minimum absolute atomic E-state index is 0.0581. The minimum Gasteiger partial charge on any atom is -0.508 e. The first-order valence-electron chi connectivity index (χ1n) is 12.3. The molecule has 34 heavy (non-hydrogen) atoms. The molecule has 0 heterocycles. The SMILES string of the molecule is CCCCCCN(C(=O)CNC(=O)OC(C)(C)C)C(C(=O)NC(C)CCC)c1ccccc1O. The number of unbranched alkanes of at least 4 members (excludes halogenated alkanes) is 3. The molecule has 0 bridgehead atoms. The zero-order valence-corrected chi connectivity index (χ0v) is 21.6. The molecule has 0 spiro atoms. The van der Waals surface area contributed by atoms with Crippen LogP contribution >= 0.6 is 0 Å². The molecule has 1 rings (SSSR count). The number of alkyl carbamates (subject to hydrolysis) is 1. The van der Waals surface area contributed by atoms with Crippen molar-refractivity contribution in [1.82, 2.24) is 15.5 Å². The molecule has 0 aliphatic heterocycles. The highest BCUT2D eigenvalue weighted by atomic mass is 16.6. The van der Waals surface area contributed by atoms with Gasteiger partial charge in [0.05, 0.1) is 0 Å². The van der Waals surface area contributed by atoms with Crippen molar-refractivity contribution < 1.29 is 24.2 Å². The number of benzene rings is 1. The first-order valence-corrected chi connectivity index (χ1v) is 12.3. The van der Waals surface area contributed by atoms with E-state index in [1.165, 1.54) is 11.0 Å². The highest BCUT2D eigenvalue weighted by Gasteiger charge is 2.33. The molecule has 2 unspecified atom stereocenters. The van der Waals surface area contributed by atoms with Crippen molar-refractivity contribution in [3.05, 3.63) is 29.8 Å². The van der Waals surface area contributed by atoms with Gasteiger partial charge in [0.1, 0.15) is 23.9 Å². The van der Waals surface area contributed by atoms with Gasteiger partial charge >= 0.3 is 6.09 Å². The molecule has 0 saturated carbocycles. The zero-order chi connectivity index (χ0) is 25.7. The lowest BCUT2D eigenvalue weighted by atomic mass is 10.0. The molecule has 0 aliphatic carbocycles. The van der Waals surface area contributed by atoms with Crippen LogP contribution in [0.2, 0.25) is 0 Å². The Hall–Kier alpha value is -2.77. The van der Waals surface area contributed by atoms with E-state index in [1.807, 2.05) is 13.8 Å². The van der Waals surface area contributed by atoms with E-state index in [-0.39, 0.29) is 24.2 Å². The monoisotopic (exact) mass is 477 g/mol. The van der Waals surface area contributed by atoms with E-state index in [4.69, 9.17) is 4.74 Å². The Balaban J connectivity index is 3.21. The third-order valence-electron chi connectivity index (χ3n) is 5.26. The van der Waals surface area contributed by atoms with E-state index in [0.717, 1.165) is 32.1 Å². The summed E-state index contributed by atoms with van der Waals surface area (Å²) in [5.74, 6) is -0.838. The standard InChI is InChI=1S/C26H43N3O5/c1-7-9-10-13-17-29(22(31)18-27-25(33)34-26(4,5)6)23(20-15-11-12-16-21(20)30)24(32)28-19(3)14-8-2/h11-12,15-16,19,23,30H,7-10,13-14,17-18H2,1-6H3,(H,27,33)(H,28,32). The summed E-state index contributed by atoms with van der Waals surface area (Å²) in [5.41, 5.74) is -0.342. The summed E-state index contributed by atoms with van der Waals surface area (Å²) in [6, 6.07) is 5.45. The van der Waals surface area contributed by atoms with Crippen molar-refractivity contribution in [3.63, 3.8) is 0 Å². The van der Waals surface area contributed by atoms with Crippen LogP contribution in [0.3, 0.4) is 0 Å². The fourth-order valence-corrected chi connectivity index (χ4v) is 3.67. The van der Waals surface area contributed by atoms with Gasteiger partial charge in [-0.3, -0.25) is 9.59 Å². The summed E-state index contributed by atoms with van der Waals surface area (Å²) in [6.45, 7) is 11.3. The summed E-state index contributed by atoms with van der Waals surface area (Å²) in [5, 5.41) is 16.0. The van der Waals surface area contributed by atoms with Crippen LogP contribution in [0.4, 0.5) is 4.79 Å². The maximum Gasteiger partial charge on any atom is 0.408 e. The van der Waals surface area contributed by atoms with Crippen molar-refractivity contribution in [2.24, 2.45) is 0 Å². The second-order valence-electron chi connectivity index (χ2n) is 9.66. The highest BCUT2D eigenvalue weighted by Crippen LogP contribution is 2.30. The number of hydrogen-bond donors (Lipinski definition) is 3. The summed E-state index contributed by atoms with van der Waals surface area (Å²) >= 11 is 0. The maximum absolute atomic E-state index is 13.4. The lowest BCUT2D eigenvalue weighted by Gasteiger charge is -2.33. The van der Waals surface area contributed by atoms with E-state index in [0.29, 0.717) is 18.5 Å². The smallest absolute Gasteiger partial charge is 0.408 e. The summed E-state index contributed by atoms with van der Waals surface area (Å²) in [7, 11) is 0. The number of carbonyl (C=O) groups excluding carboxylic acids is 3. The van der Waals surface area contributed by atoms with E-state index >= 15 is 0 Å². The number of nitrogens with zero attached hydrogens (tertiary/aromatic N) is 1. The van der Waals surface area contributed by atoms with Crippen molar-refractivity contribution in [3.8, 4) is 5.75 Å². The Morgan fingerprint density at radius 3 is 2.32 bits per heavy atom. The number of phenolic OH excluding ortho intramolecular Hbond substituents is 1. The maximum atomic E-state index is 13.4. The van der Waals surface area contributed by atoms with Crippen molar-refractivity contribution in [2.75, 3.05) is 13.1 Å². The van der Waals surface area contributed by atoms with E-state index in [2.05, 4.69) is 17.6 Å². The summed E-state index contributed by atoms with van der Waals surface area (Å²) in [4.78, 5) is 40.3. The van der Waals surface area contributed by atoms with Crippen LogP contribution in [0.15, 0.2) is 24.3 Å². The number of rotatable bonds is 13. The molecule has 1 aromatic carbocycles. The minimum atomic E-state index is -1.02. The normalized spacial score (nSPS) is 13.0. The van der Waals surface area contributed by atoms with Gasteiger partial charge in [-0.05, 0) is 46.6 Å². The molecule has 0 fully saturated rings. The van der Waals surface area contributed by atoms with Crippen molar-refractivity contribution >= 4 is 17.9 Å². The molecule has 2 atom stereocenters. The van der Waals surface area contributed by atoms with E-state index < -0.39 is 23.6 Å². The molecular weight excluding hydrogens is 434 g/mol. The number of phenols is 1. The Morgan fingerprint density at radius 2 is 1.74 bits per heavy atom. The van der Waals surface area contributed by atoms with Crippen LogP contribution < -0.4 is 10.6 Å². The molecule has 192 valence electrons. The Morgan fingerprint density at radius 1 is 1.06 bits per heavy atom. The van der Waals surface area contributed by atoms with Crippen LogP contribution in [0, 0.1) is 0 Å². The molecule has 1 aromatic rings. The van der Waals surface area contributed by atoms with Gasteiger partial charge in [0.15, 0.2) is 0 Å². The molecule has 0 aromatic heterocycles. The molecule has 0 aliphatic rings. The van der Waals surface area contributed by atoms with Crippen molar-refractivity contribution in [2.45, 2.75) is 97.8 Å². The fourth-order valence-electron chi connectivity index (χ4n) is 3.67. The van der Waals surface area contributed by atoms with Gasteiger partial charge in [0, 0.05) is 18.2 Å². The van der Waals surface area contributed by atoms with Gasteiger partial charge < -0.3 is 25.4 Å². The number of aromatic hydroxyl groups is 1. The molecule has 0 saturated heterocycles. The average molecular weight is 478 g/mol. The third-order valence-corrected chi connectivity index (χ3v) is 5.26. The van der Waals surface area contributed by atoms with Crippen molar-refractivity contribution in [1.29, 1.82) is 0 Å². The molecule has 8 heteroatoms. The fraction of sp³-hybridized carbons (Fsp3) is 0.654. The van der Waals surface area contributed by atoms with Gasteiger partial charge in [-0.25, -0.2) is 4.79 Å². The second kappa shape index (κ2) is 14.5. The number of ether oxygens (including phenoxy) is 1. The molecule has 3 N–H and O–H groups in total. The number of para-hydroxylation sites is 1. The zero-order valence-electron chi connectivity index (χ0n) is 21.6. The predicted octanol–water partition coefficient (Wildman–Crippen LogP) is 4.67. The molecule has 0 radical (unpaired) electrons. The number of hydrogen-bond acceptors (Lipinski definition) is 5. The van der Waals surface area contributed by atoms with Gasteiger partial charge in [0.25, 0.3) is 0 Å². The molecule has 3 amide bonds. The first-order chi connectivity index (χ1) is 16.0. The third kappa shape index (κ3) is 10.4. The van der Waals surface area contributed by atoms with E-state index in [9.17, 15) is 19.5 Å². The average Bonchev–Trinajstić information content (AvgIpc) is 2.74. The molecular formula is C26H43N3O5. The van der Waals surface area contributed by atoms with Gasteiger partial charge in [-0.15, -0.1) is 0 Å². The number of nitrogens with one attached hydrogen (secondary N) is 2. The summed E-state index contributed by atoms with van der Waals surface area (Å²) in [6.07, 6.45) is 4.65. The Bertz CT molecular complexity index is 791. The van der Waals surface area contributed by atoms with Gasteiger partial charge in [0.2, 0.25) is 11.8 Å². The van der Waals surface area contributed by atoms with E-state index in [1.54, 1.807) is 39.0 Å².